The molecule has 0 spiro atoms. The fraction of sp³-hybridized carbons (Fsp3) is 0.500. The molecule has 6 heteroatoms. The molecule has 2 atom stereocenters. The van der Waals surface area contributed by atoms with E-state index in [0.29, 0.717) is 16.6 Å². The normalized spacial score (nSPS) is 14.5. The minimum atomic E-state index is -0.754. The lowest BCUT2D eigenvalue weighted by atomic mass is 10.2. The average Bonchev–Trinajstić information content (AvgIpc) is 2.19. The maximum Gasteiger partial charge on any atom is 0.145 e. The highest BCUT2D eigenvalue weighted by Crippen LogP contribution is 2.23. The van der Waals surface area contributed by atoms with Crippen molar-refractivity contribution in [2.45, 2.75) is 19.4 Å². The Kier molecular flexibility index (Phi) is 5.72. The van der Waals surface area contributed by atoms with E-state index in [2.05, 4.69) is 26.2 Å². The van der Waals surface area contributed by atoms with Gasteiger partial charge >= 0.3 is 0 Å². The molecule has 90 valence electrons. The minimum Gasteiger partial charge on any atom is -0.366 e. The predicted molar refractivity (Wildman–Crippen MR) is 73.6 cm³/mol. The van der Waals surface area contributed by atoms with Crippen molar-refractivity contribution in [3.05, 3.63) is 21.8 Å². The third kappa shape index (κ3) is 4.80. The molecule has 0 saturated carbocycles. The van der Waals surface area contributed by atoms with Crippen molar-refractivity contribution >= 4 is 44.1 Å². The Balaban J connectivity index is 2.55. The first-order chi connectivity index (χ1) is 7.49. The zero-order chi connectivity index (χ0) is 12.1. The number of nitrogens with zero attached hydrogens (tertiary/aromatic N) is 1. The number of nitrogens with one attached hydrogen (secondary N) is 1. The summed E-state index contributed by atoms with van der Waals surface area (Å²) in [5, 5.41) is 3.78. The third-order valence-corrected chi connectivity index (χ3v) is 3.56. The molecule has 1 rings (SSSR count). The molecule has 0 aliphatic carbocycles. The summed E-state index contributed by atoms with van der Waals surface area (Å²) in [6, 6.07) is 2.00. The quantitative estimate of drug-likeness (QED) is 0.904. The van der Waals surface area contributed by atoms with Crippen molar-refractivity contribution in [3.8, 4) is 0 Å². The van der Waals surface area contributed by atoms with Crippen LogP contribution in [0.2, 0.25) is 5.02 Å². The Morgan fingerprint density at radius 1 is 1.69 bits per heavy atom. The van der Waals surface area contributed by atoms with Crippen LogP contribution in [0.25, 0.3) is 0 Å². The van der Waals surface area contributed by atoms with Crippen LogP contribution in [0.3, 0.4) is 0 Å². The molecule has 0 radical (unpaired) electrons. The summed E-state index contributed by atoms with van der Waals surface area (Å²) in [5.74, 6) is 1.35. The fourth-order valence-corrected chi connectivity index (χ4v) is 2.54. The number of aromatic nitrogens is 1. The van der Waals surface area contributed by atoms with Gasteiger partial charge in [-0.1, -0.05) is 11.6 Å². The summed E-state index contributed by atoms with van der Waals surface area (Å²) < 4.78 is 11.8. The van der Waals surface area contributed by atoms with Crippen LogP contribution < -0.4 is 5.32 Å². The van der Waals surface area contributed by atoms with Crippen molar-refractivity contribution in [1.82, 2.24) is 4.98 Å². The summed E-state index contributed by atoms with van der Waals surface area (Å²) in [7, 11) is -0.754. The molecule has 0 amide bonds. The highest BCUT2D eigenvalue weighted by Gasteiger charge is 2.07. The van der Waals surface area contributed by atoms with Crippen LogP contribution in [0, 0.1) is 0 Å². The Bertz CT molecular complexity index is 389. The standard InChI is InChI=1S/C10H14BrClN2OS/c1-7(3-4-16(2)15)14-10-9(12)5-8(11)6-13-10/h5-7H,3-4H2,1-2H3,(H,13,14). The third-order valence-electron chi connectivity index (χ3n) is 2.03. The maximum absolute atomic E-state index is 10.9. The number of hydrogen-bond donors (Lipinski definition) is 1. The van der Waals surface area contributed by atoms with Crippen molar-refractivity contribution < 1.29 is 4.21 Å². The van der Waals surface area contributed by atoms with Gasteiger partial charge in [0, 0.05) is 39.5 Å². The van der Waals surface area contributed by atoms with Gasteiger partial charge in [0.2, 0.25) is 0 Å². The molecular weight excluding hydrogens is 312 g/mol. The predicted octanol–water partition coefficient (Wildman–Crippen LogP) is 3.07. The van der Waals surface area contributed by atoms with Gasteiger partial charge in [0.25, 0.3) is 0 Å². The molecule has 1 N–H and O–H groups in total. The Morgan fingerprint density at radius 3 is 2.94 bits per heavy atom. The first-order valence-corrected chi connectivity index (χ1v) is 7.76. The molecule has 1 heterocycles. The van der Waals surface area contributed by atoms with Crippen LogP contribution >= 0.6 is 27.5 Å². The molecule has 1 aromatic rings. The summed E-state index contributed by atoms with van der Waals surface area (Å²) in [5.41, 5.74) is 0. The van der Waals surface area contributed by atoms with E-state index in [0.717, 1.165) is 10.9 Å². The molecular formula is C10H14BrClN2OS. The summed E-state index contributed by atoms with van der Waals surface area (Å²) in [4.78, 5) is 4.18. The number of rotatable bonds is 5. The second-order valence-corrected chi connectivity index (χ2v) is 6.47. The van der Waals surface area contributed by atoms with Gasteiger partial charge in [-0.2, -0.15) is 0 Å². The molecule has 0 aromatic carbocycles. The molecule has 16 heavy (non-hydrogen) atoms. The second-order valence-electron chi connectivity index (χ2n) is 3.60. The molecule has 0 saturated heterocycles. The molecule has 3 nitrogen and oxygen atoms in total. The highest BCUT2D eigenvalue weighted by molar-refractivity contribution is 9.10. The van der Waals surface area contributed by atoms with E-state index in [4.69, 9.17) is 11.6 Å². The van der Waals surface area contributed by atoms with Crippen LogP contribution in [0.4, 0.5) is 5.82 Å². The zero-order valence-electron chi connectivity index (χ0n) is 9.17. The van der Waals surface area contributed by atoms with Gasteiger partial charge in [-0.15, -0.1) is 0 Å². The van der Waals surface area contributed by atoms with Gasteiger partial charge in [-0.25, -0.2) is 4.98 Å². The second kappa shape index (κ2) is 6.57. The summed E-state index contributed by atoms with van der Waals surface area (Å²) >= 11 is 9.32. The van der Waals surface area contributed by atoms with Gasteiger partial charge in [0.1, 0.15) is 5.82 Å². The van der Waals surface area contributed by atoms with Gasteiger partial charge in [0.05, 0.1) is 5.02 Å². The minimum absolute atomic E-state index is 0.204. The van der Waals surface area contributed by atoms with Crippen LogP contribution in [0.1, 0.15) is 13.3 Å². The molecule has 0 bridgehead atoms. The largest absolute Gasteiger partial charge is 0.366 e. The van der Waals surface area contributed by atoms with Gasteiger partial charge in [0.15, 0.2) is 0 Å². The fourth-order valence-electron chi connectivity index (χ4n) is 1.17. The lowest BCUT2D eigenvalue weighted by Crippen LogP contribution is -2.18. The number of anilines is 1. The van der Waals surface area contributed by atoms with Crippen LogP contribution in [0.15, 0.2) is 16.7 Å². The van der Waals surface area contributed by atoms with E-state index < -0.39 is 10.8 Å². The molecule has 0 aliphatic rings. The van der Waals surface area contributed by atoms with Crippen LogP contribution in [0.5, 0.6) is 0 Å². The first-order valence-electron chi connectivity index (χ1n) is 4.86. The van der Waals surface area contributed by atoms with Crippen molar-refractivity contribution in [3.63, 3.8) is 0 Å². The number of halogens is 2. The molecule has 1 aromatic heterocycles. The molecule has 0 fully saturated rings. The van der Waals surface area contributed by atoms with E-state index in [-0.39, 0.29) is 6.04 Å². The van der Waals surface area contributed by atoms with Gasteiger partial charge in [-0.3, -0.25) is 4.21 Å². The van der Waals surface area contributed by atoms with E-state index in [1.807, 2.05) is 6.92 Å². The van der Waals surface area contributed by atoms with Gasteiger partial charge in [-0.05, 0) is 35.3 Å². The van der Waals surface area contributed by atoms with E-state index in [1.165, 1.54) is 0 Å². The van der Waals surface area contributed by atoms with Crippen molar-refractivity contribution in [2.75, 3.05) is 17.3 Å². The van der Waals surface area contributed by atoms with Crippen LogP contribution in [-0.2, 0) is 10.8 Å². The SMILES string of the molecule is CC(CCS(C)=O)Nc1ncc(Br)cc1Cl. The lowest BCUT2D eigenvalue weighted by molar-refractivity contribution is 0.678. The average molecular weight is 326 g/mol. The lowest BCUT2D eigenvalue weighted by Gasteiger charge is -2.14. The van der Waals surface area contributed by atoms with E-state index >= 15 is 0 Å². The highest BCUT2D eigenvalue weighted by atomic mass is 79.9. The maximum atomic E-state index is 10.9. The monoisotopic (exact) mass is 324 g/mol. The first kappa shape index (κ1) is 13.9. The van der Waals surface area contributed by atoms with Crippen molar-refractivity contribution in [1.29, 1.82) is 0 Å². The summed E-state index contributed by atoms with van der Waals surface area (Å²) in [6.45, 7) is 2.02. The Hall–Kier alpha value is -0.130. The molecule has 2 unspecified atom stereocenters. The number of pyridine rings is 1. The Labute approximate surface area is 112 Å². The van der Waals surface area contributed by atoms with E-state index in [9.17, 15) is 4.21 Å². The molecule has 0 aliphatic heterocycles. The Morgan fingerprint density at radius 2 is 2.38 bits per heavy atom. The van der Waals surface area contributed by atoms with E-state index in [1.54, 1.807) is 18.5 Å². The van der Waals surface area contributed by atoms with Crippen LogP contribution in [-0.4, -0.2) is 27.2 Å². The van der Waals surface area contributed by atoms with Crippen molar-refractivity contribution in [2.24, 2.45) is 0 Å². The zero-order valence-corrected chi connectivity index (χ0v) is 12.3. The number of hydrogen-bond acceptors (Lipinski definition) is 3. The summed E-state index contributed by atoms with van der Waals surface area (Å²) in [6.07, 6.45) is 4.23. The topological polar surface area (TPSA) is 42.0 Å². The smallest absolute Gasteiger partial charge is 0.145 e. The van der Waals surface area contributed by atoms with Gasteiger partial charge < -0.3 is 5.32 Å².